The Balaban J connectivity index is 2.21. The number of hydrogen-bond donors (Lipinski definition) is 1. The van der Waals surface area contributed by atoms with Gasteiger partial charge in [0.1, 0.15) is 5.75 Å². The van der Waals surface area contributed by atoms with Gasteiger partial charge in [-0.25, -0.2) is 0 Å². The molecule has 3 nitrogen and oxygen atoms in total. The smallest absolute Gasteiger partial charge is 0.119 e. The summed E-state index contributed by atoms with van der Waals surface area (Å²) in [6.45, 7) is 4.99. The molecular weight excluding hydrogens is 306 g/mol. The third-order valence-corrected chi connectivity index (χ3v) is 4.33. The molecule has 1 aromatic carbocycles. The van der Waals surface area contributed by atoms with Crippen LogP contribution in [0.2, 0.25) is 0 Å². The predicted octanol–water partition coefficient (Wildman–Crippen LogP) is 3.53. The first kappa shape index (κ1) is 14.8. The molecule has 4 heteroatoms. The van der Waals surface area contributed by atoms with Crippen molar-refractivity contribution >= 4 is 15.9 Å². The summed E-state index contributed by atoms with van der Waals surface area (Å²) in [6.07, 6.45) is 2.51. The molecule has 0 amide bonds. The van der Waals surface area contributed by atoms with Crippen LogP contribution < -0.4 is 10.1 Å². The molecule has 2 atom stereocenters. The number of rotatable bonds is 5. The normalized spacial score (nSPS) is 23.3. The van der Waals surface area contributed by atoms with E-state index in [-0.39, 0.29) is 6.10 Å². The van der Waals surface area contributed by atoms with Crippen LogP contribution in [0.4, 0.5) is 0 Å². The highest BCUT2D eigenvalue weighted by Gasteiger charge is 2.28. The summed E-state index contributed by atoms with van der Waals surface area (Å²) < 4.78 is 12.5. The lowest BCUT2D eigenvalue weighted by molar-refractivity contribution is -0.0281. The Hall–Kier alpha value is -0.580. The summed E-state index contributed by atoms with van der Waals surface area (Å²) in [5.41, 5.74) is 1.20. The molecule has 1 fully saturated rings. The minimum atomic E-state index is 0.150. The Kier molecular flexibility index (Phi) is 5.67. The molecule has 0 radical (unpaired) electrons. The van der Waals surface area contributed by atoms with Crippen LogP contribution in [0, 0.1) is 5.92 Å². The highest BCUT2D eigenvalue weighted by molar-refractivity contribution is 9.10. The van der Waals surface area contributed by atoms with E-state index in [4.69, 9.17) is 9.47 Å². The van der Waals surface area contributed by atoms with Crippen LogP contribution in [0.5, 0.6) is 5.75 Å². The van der Waals surface area contributed by atoms with Gasteiger partial charge in [0.15, 0.2) is 0 Å². The summed E-state index contributed by atoms with van der Waals surface area (Å²) in [6, 6.07) is 6.09. The average Bonchev–Trinajstić information content (AvgIpc) is 2.46. The fourth-order valence-electron chi connectivity index (χ4n) is 2.59. The Morgan fingerprint density at radius 1 is 1.47 bits per heavy atom. The van der Waals surface area contributed by atoms with Gasteiger partial charge in [-0.2, -0.15) is 0 Å². The van der Waals surface area contributed by atoms with E-state index in [1.807, 2.05) is 12.1 Å². The molecule has 1 heterocycles. The van der Waals surface area contributed by atoms with Crippen LogP contribution >= 0.6 is 15.9 Å². The van der Waals surface area contributed by atoms with E-state index < -0.39 is 0 Å². The molecule has 106 valence electrons. The third-order valence-electron chi connectivity index (χ3n) is 3.61. The van der Waals surface area contributed by atoms with Crippen molar-refractivity contribution in [1.82, 2.24) is 5.32 Å². The monoisotopic (exact) mass is 327 g/mol. The van der Waals surface area contributed by atoms with Gasteiger partial charge in [-0.1, -0.05) is 22.9 Å². The van der Waals surface area contributed by atoms with Crippen LogP contribution in [-0.4, -0.2) is 26.8 Å². The molecule has 0 aromatic heterocycles. The van der Waals surface area contributed by atoms with Crippen molar-refractivity contribution < 1.29 is 9.47 Å². The highest BCUT2D eigenvalue weighted by Crippen LogP contribution is 2.38. The SMILES string of the molecule is CCNCC1CCCOC1c1cc(OC)ccc1Br. The van der Waals surface area contributed by atoms with Crippen molar-refractivity contribution in [3.63, 3.8) is 0 Å². The maximum absolute atomic E-state index is 6.03. The standard InChI is InChI=1S/C15H22BrNO2/c1-3-17-10-11-5-4-8-19-15(11)13-9-12(18-2)6-7-14(13)16/h6-7,9,11,15,17H,3-5,8,10H2,1-2H3. The molecule has 1 aromatic rings. The van der Waals surface area contributed by atoms with Gasteiger partial charge in [-0.05, 0) is 43.1 Å². The van der Waals surface area contributed by atoms with Crippen molar-refractivity contribution in [2.45, 2.75) is 25.9 Å². The van der Waals surface area contributed by atoms with Gasteiger partial charge >= 0.3 is 0 Å². The number of ether oxygens (including phenoxy) is 2. The lowest BCUT2D eigenvalue weighted by Gasteiger charge is -2.33. The lowest BCUT2D eigenvalue weighted by Crippen LogP contribution is -2.32. The second-order valence-corrected chi connectivity index (χ2v) is 5.74. The topological polar surface area (TPSA) is 30.5 Å². The molecule has 1 N–H and O–H groups in total. The zero-order valence-corrected chi connectivity index (χ0v) is 13.2. The van der Waals surface area contributed by atoms with Crippen LogP contribution in [0.1, 0.15) is 31.4 Å². The molecule has 0 bridgehead atoms. The zero-order valence-electron chi connectivity index (χ0n) is 11.6. The van der Waals surface area contributed by atoms with Crippen LogP contribution in [-0.2, 0) is 4.74 Å². The van der Waals surface area contributed by atoms with Crippen molar-refractivity contribution in [3.05, 3.63) is 28.2 Å². The highest BCUT2D eigenvalue weighted by atomic mass is 79.9. The molecule has 0 spiro atoms. The van der Waals surface area contributed by atoms with Gasteiger partial charge in [-0.3, -0.25) is 0 Å². The van der Waals surface area contributed by atoms with E-state index in [0.29, 0.717) is 5.92 Å². The zero-order chi connectivity index (χ0) is 13.7. The van der Waals surface area contributed by atoms with Gasteiger partial charge in [0.05, 0.1) is 13.2 Å². The summed E-state index contributed by atoms with van der Waals surface area (Å²) in [5.74, 6) is 1.41. The fraction of sp³-hybridized carbons (Fsp3) is 0.600. The minimum absolute atomic E-state index is 0.150. The van der Waals surface area contributed by atoms with E-state index in [0.717, 1.165) is 36.3 Å². The van der Waals surface area contributed by atoms with Gasteiger partial charge < -0.3 is 14.8 Å². The molecule has 2 unspecified atom stereocenters. The van der Waals surface area contributed by atoms with Gasteiger partial charge in [0.25, 0.3) is 0 Å². The first-order chi connectivity index (χ1) is 9.26. The first-order valence-electron chi connectivity index (χ1n) is 6.92. The summed E-state index contributed by atoms with van der Waals surface area (Å²) in [7, 11) is 1.70. The molecule has 1 aliphatic heterocycles. The Morgan fingerprint density at radius 2 is 2.32 bits per heavy atom. The van der Waals surface area contributed by atoms with Crippen molar-refractivity contribution in [2.75, 3.05) is 26.8 Å². The molecule has 0 saturated carbocycles. The Morgan fingerprint density at radius 3 is 3.05 bits per heavy atom. The molecule has 19 heavy (non-hydrogen) atoms. The van der Waals surface area contributed by atoms with Gasteiger partial charge in [0.2, 0.25) is 0 Å². The van der Waals surface area contributed by atoms with Crippen molar-refractivity contribution in [3.8, 4) is 5.75 Å². The summed E-state index contributed by atoms with van der Waals surface area (Å²) in [5, 5.41) is 3.44. The Bertz CT molecular complexity index is 411. The maximum Gasteiger partial charge on any atom is 0.119 e. The summed E-state index contributed by atoms with van der Waals surface area (Å²) >= 11 is 3.63. The first-order valence-corrected chi connectivity index (χ1v) is 7.71. The third kappa shape index (κ3) is 3.71. The molecule has 2 rings (SSSR count). The maximum atomic E-state index is 6.03. The van der Waals surface area contributed by atoms with Crippen LogP contribution in [0.3, 0.4) is 0 Å². The second kappa shape index (κ2) is 7.27. The summed E-state index contributed by atoms with van der Waals surface area (Å²) in [4.78, 5) is 0. The van der Waals surface area contributed by atoms with Crippen molar-refractivity contribution in [1.29, 1.82) is 0 Å². The largest absolute Gasteiger partial charge is 0.497 e. The molecule has 1 saturated heterocycles. The fourth-order valence-corrected chi connectivity index (χ4v) is 3.06. The van der Waals surface area contributed by atoms with E-state index in [1.165, 1.54) is 12.0 Å². The Labute approximate surface area is 123 Å². The van der Waals surface area contributed by atoms with Gasteiger partial charge in [0, 0.05) is 23.5 Å². The quantitative estimate of drug-likeness (QED) is 0.897. The van der Waals surface area contributed by atoms with Gasteiger partial charge in [-0.15, -0.1) is 0 Å². The number of benzene rings is 1. The predicted molar refractivity (Wildman–Crippen MR) is 80.7 cm³/mol. The van der Waals surface area contributed by atoms with E-state index >= 15 is 0 Å². The average molecular weight is 328 g/mol. The van der Waals surface area contributed by atoms with Crippen LogP contribution in [0.25, 0.3) is 0 Å². The molecular formula is C15H22BrNO2. The number of hydrogen-bond acceptors (Lipinski definition) is 3. The van der Waals surface area contributed by atoms with Crippen molar-refractivity contribution in [2.24, 2.45) is 5.92 Å². The molecule has 0 aliphatic carbocycles. The van der Waals surface area contributed by atoms with E-state index in [9.17, 15) is 0 Å². The number of methoxy groups -OCH3 is 1. The van der Waals surface area contributed by atoms with E-state index in [1.54, 1.807) is 7.11 Å². The number of halogens is 1. The number of nitrogens with one attached hydrogen (secondary N) is 1. The van der Waals surface area contributed by atoms with E-state index in [2.05, 4.69) is 34.2 Å². The van der Waals surface area contributed by atoms with Crippen LogP contribution in [0.15, 0.2) is 22.7 Å². The second-order valence-electron chi connectivity index (χ2n) is 4.89. The lowest BCUT2D eigenvalue weighted by atomic mass is 9.89. The molecule has 1 aliphatic rings. The minimum Gasteiger partial charge on any atom is -0.497 e.